The lowest BCUT2D eigenvalue weighted by Gasteiger charge is -2.14. The van der Waals surface area contributed by atoms with Crippen LogP contribution in [0.25, 0.3) is 11.0 Å². The number of benzene rings is 1. The van der Waals surface area contributed by atoms with Gasteiger partial charge in [-0.1, -0.05) is 6.07 Å². The van der Waals surface area contributed by atoms with Gasteiger partial charge in [-0.3, -0.25) is 0 Å². The van der Waals surface area contributed by atoms with Gasteiger partial charge in [0, 0.05) is 5.39 Å². The predicted molar refractivity (Wildman–Crippen MR) is 47.2 cm³/mol. The maximum absolute atomic E-state index is 12.2. The number of rotatable bonds is 1. The Kier molecular flexibility index (Phi) is 2.19. The third-order valence-corrected chi connectivity index (χ3v) is 2.10. The van der Waals surface area contributed by atoms with Crippen molar-refractivity contribution in [2.75, 3.05) is 0 Å². The quantitative estimate of drug-likeness (QED) is 0.794. The topological polar surface area (TPSA) is 33.4 Å². The largest absolute Gasteiger partial charge is 0.464 e. The second-order valence-corrected chi connectivity index (χ2v) is 3.16. The van der Waals surface area contributed by atoms with Crippen LogP contribution in [0.15, 0.2) is 34.9 Å². The highest BCUT2D eigenvalue weighted by Crippen LogP contribution is 2.33. The lowest BCUT2D eigenvalue weighted by atomic mass is 10.1. The van der Waals surface area contributed by atoms with Crippen LogP contribution < -0.4 is 0 Å². The Hall–Kier alpha value is -1.49. The number of hydrogen-bond donors (Lipinski definition) is 1. The third kappa shape index (κ3) is 1.83. The first kappa shape index (κ1) is 10.0. The van der Waals surface area contributed by atoms with Gasteiger partial charge in [0.05, 0.1) is 6.26 Å². The molecule has 80 valence electrons. The highest BCUT2D eigenvalue weighted by molar-refractivity contribution is 5.77. The molecule has 0 saturated carbocycles. The van der Waals surface area contributed by atoms with Crippen molar-refractivity contribution < 1.29 is 22.7 Å². The van der Waals surface area contributed by atoms with E-state index in [-0.39, 0.29) is 5.56 Å². The maximum Gasteiger partial charge on any atom is 0.418 e. The fourth-order valence-electron chi connectivity index (χ4n) is 1.34. The van der Waals surface area contributed by atoms with E-state index in [0.717, 1.165) is 0 Å². The smallest absolute Gasteiger partial charge is 0.418 e. The highest BCUT2D eigenvalue weighted by atomic mass is 19.4. The van der Waals surface area contributed by atoms with Gasteiger partial charge in [0.1, 0.15) is 5.58 Å². The van der Waals surface area contributed by atoms with Gasteiger partial charge in [-0.15, -0.1) is 0 Å². The monoisotopic (exact) mass is 216 g/mol. The van der Waals surface area contributed by atoms with E-state index in [1.54, 1.807) is 6.07 Å². The predicted octanol–water partition coefficient (Wildman–Crippen LogP) is 3.03. The Morgan fingerprint density at radius 3 is 2.60 bits per heavy atom. The molecule has 0 unspecified atom stereocenters. The fourth-order valence-corrected chi connectivity index (χ4v) is 1.34. The Morgan fingerprint density at radius 2 is 1.93 bits per heavy atom. The second kappa shape index (κ2) is 3.27. The van der Waals surface area contributed by atoms with E-state index in [0.29, 0.717) is 11.0 Å². The van der Waals surface area contributed by atoms with Gasteiger partial charge >= 0.3 is 6.18 Å². The van der Waals surface area contributed by atoms with E-state index in [2.05, 4.69) is 0 Å². The summed E-state index contributed by atoms with van der Waals surface area (Å²) in [5, 5.41) is 9.54. The number of furan rings is 1. The fraction of sp³-hybridized carbons (Fsp3) is 0.200. The van der Waals surface area contributed by atoms with E-state index < -0.39 is 12.3 Å². The van der Waals surface area contributed by atoms with E-state index in [4.69, 9.17) is 9.52 Å². The molecular weight excluding hydrogens is 209 g/mol. The lowest BCUT2D eigenvalue weighted by molar-refractivity contribution is -0.206. The zero-order chi connectivity index (χ0) is 11.1. The number of hydrogen-bond acceptors (Lipinski definition) is 2. The van der Waals surface area contributed by atoms with Crippen LogP contribution in [0.2, 0.25) is 0 Å². The number of aliphatic hydroxyl groups is 1. The summed E-state index contributed by atoms with van der Waals surface area (Å²) in [6, 6.07) is 5.41. The highest BCUT2D eigenvalue weighted by Gasteiger charge is 2.39. The van der Waals surface area contributed by atoms with E-state index >= 15 is 0 Å². The average Bonchev–Trinajstić information content (AvgIpc) is 2.61. The van der Waals surface area contributed by atoms with Gasteiger partial charge in [-0.2, -0.15) is 13.2 Å². The van der Waals surface area contributed by atoms with Crippen molar-refractivity contribution in [3.63, 3.8) is 0 Å². The molecule has 1 aromatic heterocycles. The van der Waals surface area contributed by atoms with E-state index in [1.165, 1.54) is 24.5 Å². The normalized spacial score (nSPS) is 14.4. The molecule has 0 bridgehead atoms. The Morgan fingerprint density at radius 1 is 1.20 bits per heavy atom. The van der Waals surface area contributed by atoms with Crippen molar-refractivity contribution >= 4 is 11.0 Å². The van der Waals surface area contributed by atoms with Crippen LogP contribution in [0, 0.1) is 0 Å². The van der Waals surface area contributed by atoms with Gasteiger partial charge in [-0.25, -0.2) is 0 Å². The standard InChI is InChI=1S/C10H7F3O2/c11-10(12,13)9(14)7-1-2-8-6(5-7)3-4-15-8/h1-5,9,14H/t9-/m0/s1. The minimum Gasteiger partial charge on any atom is -0.464 e. The molecule has 1 atom stereocenters. The Balaban J connectivity index is 2.44. The summed E-state index contributed by atoms with van der Waals surface area (Å²) in [6.07, 6.45) is -5.71. The Labute approximate surface area is 82.9 Å². The van der Waals surface area contributed by atoms with E-state index in [1.807, 2.05) is 0 Å². The first-order chi connectivity index (χ1) is 6.98. The maximum atomic E-state index is 12.2. The van der Waals surface area contributed by atoms with E-state index in [9.17, 15) is 13.2 Å². The van der Waals surface area contributed by atoms with Crippen molar-refractivity contribution in [2.24, 2.45) is 0 Å². The summed E-state index contributed by atoms with van der Waals surface area (Å²) in [4.78, 5) is 0. The van der Waals surface area contributed by atoms with Crippen LogP contribution in [0.5, 0.6) is 0 Å². The molecule has 2 aromatic rings. The summed E-state index contributed by atoms with van der Waals surface area (Å²) in [7, 11) is 0. The van der Waals surface area contributed by atoms with Gasteiger partial charge in [0.2, 0.25) is 0 Å². The molecule has 0 aliphatic rings. The van der Waals surface area contributed by atoms with Gasteiger partial charge in [0.15, 0.2) is 6.10 Å². The second-order valence-electron chi connectivity index (χ2n) is 3.16. The summed E-state index contributed by atoms with van der Waals surface area (Å²) in [6.45, 7) is 0. The minimum absolute atomic E-state index is 0.184. The molecule has 0 radical (unpaired) electrons. The summed E-state index contributed by atoms with van der Waals surface area (Å²) >= 11 is 0. The number of alkyl halides is 3. The molecule has 2 nitrogen and oxygen atoms in total. The summed E-state index contributed by atoms with van der Waals surface area (Å²) < 4.78 is 41.5. The molecule has 1 heterocycles. The first-order valence-electron chi connectivity index (χ1n) is 4.20. The molecule has 0 fully saturated rings. The minimum atomic E-state index is -4.64. The first-order valence-corrected chi connectivity index (χ1v) is 4.20. The average molecular weight is 216 g/mol. The third-order valence-electron chi connectivity index (χ3n) is 2.10. The van der Waals surface area contributed by atoms with Gasteiger partial charge in [-0.05, 0) is 23.8 Å². The zero-order valence-corrected chi connectivity index (χ0v) is 7.45. The summed E-state index contributed by atoms with van der Waals surface area (Å²) in [5.41, 5.74) is 0.310. The number of halogens is 3. The number of aliphatic hydroxyl groups excluding tert-OH is 1. The van der Waals surface area contributed by atoms with Crippen LogP contribution in [0.1, 0.15) is 11.7 Å². The van der Waals surface area contributed by atoms with Gasteiger partial charge < -0.3 is 9.52 Å². The molecule has 5 heteroatoms. The lowest BCUT2D eigenvalue weighted by Crippen LogP contribution is -2.19. The van der Waals surface area contributed by atoms with Crippen LogP contribution in [-0.2, 0) is 0 Å². The molecule has 0 spiro atoms. The van der Waals surface area contributed by atoms with Crippen molar-refractivity contribution in [3.05, 3.63) is 36.1 Å². The molecule has 0 aliphatic heterocycles. The SMILES string of the molecule is O[C@@H](c1ccc2occc2c1)C(F)(F)F. The molecule has 0 aliphatic carbocycles. The Bertz CT molecular complexity index is 473. The van der Waals surface area contributed by atoms with Crippen molar-refractivity contribution in [1.82, 2.24) is 0 Å². The van der Waals surface area contributed by atoms with Crippen LogP contribution >= 0.6 is 0 Å². The molecule has 2 rings (SSSR count). The zero-order valence-electron chi connectivity index (χ0n) is 7.45. The van der Waals surface area contributed by atoms with Crippen LogP contribution in [0.4, 0.5) is 13.2 Å². The van der Waals surface area contributed by atoms with Crippen LogP contribution in [-0.4, -0.2) is 11.3 Å². The molecular formula is C10H7F3O2. The number of fused-ring (bicyclic) bond motifs is 1. The van der Waals surface area contributed by atoms with Crippen molar-refractivity contribution in [3.8, 4) is 0 Å². The van der Waals surface area contributed by atoms with Gasteiger partial charge in [0.25, 0.3) is 0 Å². The molecule has 0 saturated heterocycles. The summed E-state index contributed by atoms with van der Waals surface area (Å²) in [5.74, 6) is 0. The van der Waals surface area contributed by atoms with Crippen LogP contribution in [0.3, 0.4) is 0 Å². The molecule has 1 N–H and O–H groups in total. The van der Waals surface area contributed by atoms with Crippen molar-refractivity contribution in [1.29, 1.82) is 0 Å². The molecule has 1 aromatic carbocycles. The van der Waals surface area contributed by atoms with Crippen molar-refractivity contribution in [2.45, 2.75) is 12.3 Å². The molecule has 15 heavy (non-hydrogen) atoms. The molecule has 0 amide bonds.